The molecule has 1 unspecified atom stereocenters. The van der Waals surface area contributed by atoms with Crippen LogP contribution in [0.5, 0.6) is 0 Å². The average Bonchev–Trinajstić information content (AvgIpc) is 2.83. The maximum Gasteiger partial charge on any atom is 0.416 e. The predicted octanol–water partition coefficient (Wildman–Crippen LogP) is 5.13. The number of nitriles is 1. The molecule has 0 saturated carbocycles. The minimum Gasteiger partial charge on any atom is -0.344 e. The van der Waals surface area contributed by atoms with Crippen LogP contribution in [0.4, 0.5) is 32.0 Å². The molecule has 0 saturated heterocycles. The standard InChI is InChI=1S/C23H15F6N5O2/c1-12(33-20(35)14-8-15(22(24,25)26)10-16(9-14)23(27,28)29)18-19(32-7-6-31-18)21(36)34-17-4-2-13(11-30)3-5-17/h2-10,12H,1H3,(H,33,35)(H,34,36). The van der Waals surface area contributed by atoms with Crippen LogP contribution in [0.25, 0.3) is 0 Å². The van der Waals surface area contributed by atoms with Crippen LogP contribution >= 0.6 is 0 Å². The molecule has 7 nitrogen and oxygen atoms in total. The van der Waals surface area contributed by atoms with Gasteiger partial charge in [0.2, 0.25) is 0 Å². The summed E-state index contributed by atoms with van der Waals surface area (Å²) < 4.78 is 78.7. The summed E-state index contributed by atoms with van der Waals surface area (Å²) >= 11 is 0. The van der Waals surface area contributed by atoms with E-state index in [1.54, 1.807) is 0 Å². The number of hydrogen-bond acceptors (Lipinski definition) is 5. The van der Waals surface area contributed by atoms with E-state index >= 15 is 0 Å². The van der Waals surface area contributed by atoms with E-state index in [1.165, 1.54) is 43.6 Å². The van der Waals surface area contributed by atoms with Crippen LogP contribution in [0.2, 0.25) is 0 Å². The lowest BCUT2D eigenvalue weighted by molar-refractivity contribution is -0.143. The maximum absolute atomic E-state index is 13.1. The van der Waals surface area contributed by atoms with E-state index < -0.39 is 46.9 Å². The summed E-state index contributed by atoms with van der Waals surface area (Å²) in [7, 11) is 0. The van der Waals surface area contributed by atoms with Crippen LogP contribution in [-0.2, 0) is 12.4 Å². The first-order valence-electron chi connectivity index (χ1n) is 10.0. The van der Waals surface area contributed by atoms with Gasteiger partial charge < -0.3 is 10.6 Å². The number of amides is 2. The lowest BCUT2D eigenvalue weighted by Crippen LogP contribution is -2.30. The highest BCUT2D eigenvalue weighted by molar-refractivity contribution is 6.04. The third-order valence-electron chi connectivity index (χ3n) is 4.82. The van der Waals surface area contributed by atoms with E-state index in [4.69, 9.17) is 5.26 Å². The second-order valence-corrected chi connectivity index (χ2v) is 7.42. The summed E-state index contributed by atoms with van der Waals surface area (Å²) in [5.41, 5.74) is -3.82. The second-order valence-electron chi connectivity index (χ2n) is 7.42. The Hall–Kier alpha value is -4.47. The largest absolute Gasteiger partial charge is 0.416 e. The molecule has 2 amide bonds. The smallest absolute Gasteiger partial charge is 0.344 e. The summed E-state index contributed by atoms with van der Waals surface area (Å²) in [4.78, 5) is 33.2. The van der Waals surface area contributed by atoms with Crippen molar-refractivity contribution >= 4 is 17.5 Å². The first-order valence-corrected chi connectivity index (χ1v) is 10.0. The average molecular weight is 507 g/mol. The lowest BCUT2D eigenvalue weighted by atomic mass is 10.0. The number of nitrogens with zero attached hydrogens (tertiary/aromatic N) is 3. The molecule has 3 aromatic rings. The van der Waals surface area contributed by atoms with Gasteiger partial charge in [-0.2, -0.15) is 31.6 Å². The number of carbonyl (C=O) groups excluding carboxylic acids is 2. The summed E-state index contributed by atoms with van der Waals surface area (Å²) in [6, 6.07) is 7.14. The van der Waals surface area contributed by atoms with E-state index in [-0.39, 0.29) is 17.5 Å². The fourth-order valence-corrected chi connectivity index (χ4v) is 3.09. The van der Waals surface area contributed by atoms with Gasteiger partial charge in [0, 0.05) is 23.6 Å². The highest BCUT2D eigenvalue weighted by atomic mass is 19.4. The van der Waals surface area contributed by atoms with E-state index in [0.717, 1.165) is 0 Å². The molecule has 2 aromatic carbocycles. The van der Waals surface area contributed by atoms with Gasteiger partial charge in [-0.25, -0.2) is 4.98 Å². The van der Waals surface area contributed by atoms with Crippen LogP contribution in [-0.4, -0.2) is 21.8 Å². The molecule has 0 aliphatic heterocycles. The third-order valence-corrected chi connectivity index (χ3v) is 4.82. The van der Waals surface area contributed by atoms with Crippen molar-refractivity contribution in [2.45, 2.75) is 25.3 Å². The SMILES string of the molecule is CC(NC(=O)c1cc(C(F)(F)F)cc(C(F)(F)F)c1)c1nccnc1C(=O)Nc1ccc(C#N)cc1. The van der Waals surface area contributed by atoms with E-state index in [2.05, 4.69) is 20.6 Å². The van der Waals surface area contributed by atoms with Crippen molar-refractivity contribution in [1.82, 2.24) is 15.3 Å². The first-order chi connectivity index (χ1) is 16.8. The number of anilines is 1. The molecule has 0 fully saturated rings. The quantitative estimate of drug-likeness (QED) is 0.466. The summed E-state index contributed by atoms with van der Waals surface area (Å²) in [6.45, 7) is 1.33. The zero-order chi connectivity index (χ0) is 26.7. The maximum atomic E-state index is 13.1. The topological polar surface area (TPSA) is 108 Å². The van der Waals surface area contributed by atoms with E-state index in [9.17, 15) is 35.9 Å². The Morgan fingerprint density at radius 3 is 1.97 bits per heavy atom. The van der Waals surface area contributed by atoms with Gasteiger partial charge in [0.1, 0.15) is 0 Å². The number of carbonyl (C=O) groups is 2. The molecule has 36 heavy (non-hydrogen) atoms. The Bertz CT molecular complexity index is 1300. The minimum atomic E-state index is -5.12. The van der Waals surface area contributed by atoms with Crippen molar-refractivity contribution in [3.05, 3.63) is 88.5 Å². The number of nitrogens with one attached hydrogen (secondary N) is 2. The monoisotopic (exact) mass is 507 g/mol. The van der Waals surface area contributed by atoms with Crippen molar-refractivity contribution in [1.29, 1.82) is 5.26 Å². The highest BCUT2D eigenvalue weighted by Crippen LogP contribution is 2.36. The molecule has 0 bridgehead atoms. The fourth-order valence-electron chi connectivity index (χ4n) is 3.09. The van der Waals surface area contributed by atoms with E-state index in [1.807, 2.05) is 6.07 Å². The molecule has 186 valence electrons. The molecule has 1 aromatic heterocycles. The zero-order valence-corrected chi connectivity index (χ0v) is 18.2. The second kappa shape index (κ2) is 10.0. The molecule has 3 rings (SSSR count). The number of rotatable bonds is 5. The van der Waals surface area contributed by atoms with Crippen LogP contribution in [0, 0.1) is 11.3 Å². The third kappa shape index (κ3) is 6.15. The number of hydrogen-bond donors (Lipinski definition) is 2. The van der Waals surface area contributed by atoms with Gasteiger partial charge in [0.15, 0.2) is 5.69 Å². The van der Waals surface area contributed by atoms with Gasteiger partial charge in [-0.05, 0) is 49.4 Å². The van der Waals surface area contributed by atoms with Gasteiger partial charge in [-0.1, -0.05) is 0 Å². The van der Waals surface area contributed by atoms with Crippen molar-refractivity contribution in [3.8, 4) is 6.07 Å². The number of alkyl halides is 6. The molecule has 13 heteroatoms. The van der Waals surface area contributed by atoms with Crippen LogP contribution < -0.4 is 10.6 Å². The van der Waals surface area contributed by atoms with Crippen molar-refractivity contribution in [2.24, 2.45) is 0 Å². The van der Waals surface area contributed by atoms with Crippen molar-refractivity contribution in [2.75, 3.05) is 5.32 Å². The molecular formula is C23H15F6N5O2. The highest BCUT2D eigenvalue weighted by Gasteiger charge is 2.37. The first kappa shape index (κ1) is 26.1. The van der Waals surface area contributed by atoms with Gasteiger partial charge in [0.05, 0.1) is 34.5 Å². The lowest BCUT2D eigenvalue weighted by Gasteiger charge is -2.18. The number of halogens is 6. The molecule has 0 aliphatic carbocycles. The molecule has 1 heterocycles. The Kier molecular flexibility index (Phi) is 7.28. The molecule has 1 atom stereocenters. The van der Waals surface area contributed by atoms with E-state index in [0.29, 0.717) is 23.4 Å². The van der Waals surface area contributed by atoms with Gasteiger partial charge in [0.25, 0.3) is 11.8 Å². The summed E-state index contributed by atoms with van der Waals surface area (Å²) in [5.74, 6) is -1.99. The fraction of sp³-hybridized carbons (Fsp3) is 0.174. The molecule has 2 N–H and O–H groups in total. The predicted molar refractivity (Wildman–Crippen MR) is 113 cm³/mol. The van der Waals surface area contributed by atoms with Gasteiger partial charge in [-0.3, -0.25) is 14.6 Å². The van der Waals surface area contributed by atoms with Gasteiger partial charge in [-0.15, -0.1) is 0 Å². The Balaban J connectivity index is 1.86. The molecule has 0 radical (unpaired) electrons. The van der Waals surface area contributed by atoms with Crippen LogP contribution in [0.1, 0.15) is 56.2 Å². The summed E-state index contributed by atoms with van der Waals surface area (Å²) in [6.07, 6.45) is -7.86. The number of benzene rings is 2. The minimum absolute atomic E-state index is 0.0833. The normalized spacial score (nSPS) is 12.4. The number of aromatic nitrogens is 2. The Morgan fingerprint density at radius 2 is 1.44 bits per heavy atom. The Morgan fingerprint density at radius 1 is 0.889 bits per heavy atom. The molecule has 0 spiro atoms. The Labute approximate surface area is 199 Å². The summed E-state index contributed by atoms with van der Waals surface area (Å²) in [5, 5.41) is 13.6. The van der Waals surface area contributed by atoms with Crippen molar-refractivity contribution < 1.29 is 35.9 Å². The van der Waals surface area contributed by atoms with Crippen molar-refractivity contribution in [3.63, 3.8) is 0 Å². The van der Waals surface area contributed by atoms with Crippen LogP contribution in [0.15, 0.2) is 54.9 Å². The zero-order valence-electron chi connectivity index (χ0n) is 18.2. The molecule has 0 aliphatic rings. The molecular weight excluding hydrogens is 492 g/mol. The van der Waals surface area contributed by atoms with Gasteiger partial charge >= 0.3 is 12.4 Å². The van der Waals surface area contributed by atoms with Crippen LogP contribution in [0.3, 0.4) is 0 Å².